The molecule has 0 bridgehead atoms. The summed E-state index contributed by atoms with van der Waals surface area (Å²) in [5, 5.41) is 8.18. The molecule has 0 radical (unpaired) electrons. The molecule has 1 N–H and O–H groups in total. The van der Waals surface area contributed by atoms with E-state index in [1.165, 1.54) is 0 Å². The van der Waals surface area contributed by atoms with E-state index in [1.54, 1.807) is 6.33 Å². The molecule has 0 spiro atoms. The number of rotatable bonds is 8. The van der Waals surface area contributed by atoms with Gasteiger partial charge in [-0.15, -0.1) is 0 Å². The predicted molar refractivity (Wildman–Crippen MR) is 83.5 cm³/mol. The van der Waals surface area contributed by atoms with Crippen LogP contribution in [0.5, 0.6) is 5.75 Å². The lowest BCUT2D eigenvalue weighted by molar-refractivity contribution is 0.282. The molecule has 21 heavy (non-hydrogen) atoms. The molecule has 0 unspecified atom stereocenters. The van der Waals surface area contributed by atoms with Crippen molar-refractivity contribution >= 4 is 11.6 Å². The van der Waals surface area contributed by atoms with Crippen LogP contribution in [-0.4, -0.2) is 21.3 Å². The summed E-state index contributed by atoms with van der Waals surface area (Å²) in [7, 11) is 0. The Morgan fingerprint density at radius 2 is 2.19 bits per heavy atom. The molecule has 0 saturated heterocycles. The van der Waals surface area contributed by atoms with Gasteiger partial charge in [-0.1, -0.05) is 31.5 Å². The maximum Gasteiger partial charge on any atom is 0.164 e. The van der Waals surface area contributed by atoms with E-state index in [-0.39, 0.29) is 0 Å². The molecular formula is C15H21ClN4O. The van der Waals surface area contributed by atoms with Crippen LogP contribution in [-0.2, 0) is 19.7 Å². The van der Waals surface area contributed by atoms with E-state index in [0.29, 0.717) is 18.2 Å². The first-order valence-electron chi connectivity index (χ1n) is 7.23. The molecular weight excluding hydrogens is 288 g/mol. The number of aryl methyl sites for hydroxylation is 1. The average Bonchev–Trinajstić information content (AvgIpc) is 2.92. The fourth-order valence-electron chi connectivity index (χ4n) is 2.04. The molecule has 1 aromatic carbocycles. The van der Waals surface area contributed by atoms with E-state index in [4.69, 9.17) is 16.3 Å². The zero-order valence-electron chi connectivity index (χ0n) is 12.5. The molecule has 2 rings (SSSR count). The highest BCUT2D eigenvalue weighted by Crippen LogP contribution is 2.26. The molecule has 0 atom stereocenters. The molecule has 5 nitrogen and oxygen atoms in total. The third-order valence-corrected chi connectivity index (χ3v) is 3.47. The normalized spacial score (nSPS) is 10.8. The highest BCUT2D eigenvalue weighted by Gasteiger charge is 2.10. The van der Waals surface area contributed by atoms with Crippen molar-refractivity contribution in [3.05, 3.63) is 40.9 Å². The second kappa shape index (κ2) is 8.00. The smallest absolute Gasteiger partial charge is 0.164 e. The minimum absolute atomic E-state index is 0.388. The van der Waals surface area contributed by atoms with Gasteiger partial charge in [0.1, 0.15) is 18.7 Å². The van der Waals surface area contributed by atoms with Gasteiger partial charge in [0.15, 0.2) is 5.82 Å². The Labute approximate surface area is 130 Å². The summed E-state index contributed by atoms with van der Waals surface area (Å²) in [6.07, 6.45) is 2.57. The van der Waals surface area contributed by atoms with Crippen molar-refractivity contribution in [3.63, 3.8) is 0 Å². The number of benzene rings is 1. The maximum atomic E-state index is 6.25. The second-order valence-electron chi connectivity index (χ2n) is 4.68. The van der Waals surface area contributed by atoms with Crippen LogP contribution in [0.15, 0.2) is 24.5 Å². The van der Waals surface area contributed by atoms with Crippen LogP contribution in [0.3, 0.4) is 0 Å². The van der Waals surface area contributed by atoms with Crippen molar-refractivity contribution in [2.75, 3.05) is 6.54 Å². The zero-order valence-corrected chi connectivity index (χ0v) is 13.2. The highest BCUT2D eigenvalue weighted by atomic mass is 35.5. The van der Waals surface area contributed by atoms with Crippen LogP contribution < -0.4 is 10.1 Å². The Kier molecular flexibility index (Phi) is 6.02. The molecule has 0 aliphatic carbocycles. The van der Waals surface area contributed by atoms with Gasteiger partial charge in [-0.3, -0.25) is 0 Å². The molecule has 114 valence electrons. The largest absolute Gasteiger partial charge is 0.485 e. The summed E-state index contributed by atoms with van der Waals surface area (Å²) in [4.78, 5) is 4.24. The SMILES string of the molecule is CCCn1ncnc1COc1cccc(Cl)c1CNCC. The molecule has 0 amide bonds. The first-order valence-corrected chi connectivity index (χ1v) is 7.61. The number of halogens is 1. The Hall–Kier alpha value is -1.59. The first-order chi connectivity index (χ1) is 10.3. The summed E-state index contributed by atoms with van der Waals surface area (Å²) < 4.78 is 7.77. The predicted octanol–water partition coefficient (Wildman–Crippen LogP) is 3.03. The van der Waals surface area contributed by atoms with Crippen LogP contribution in [0.2, 0.25) is 5.02 Å². The van der Waals surface area contributed by atoms with E-state index in [9.17, 15) is 0 Å². The fraction of sp³-hybridized carbons (Fsp3) is 0.467. The number of hydrogen-bond donors (Lipinski definition) is 1. The van der Waals surface area contributed by atoms with Gasteiger partial charge in [0, 0.05) is 23.7 Å². The van der Waals surface area contributed by atoms with Gasteiger partial charge in [0.2, 0.25) is 0 Å². The van der Waals surface area contributed by atoms with Gasteiger partial charge in [0.05, 0.1) is 0 Å². The molecule has 1 heterocycles. The Morgan fingerprint density at radius 3 is 2.95 bits per heavy atom. The first kappa shape index (κ1) is 15.8. The lowest BCUT2D eigenvalue weighted by Gasteiger charge is -2.13. The van der Waals surface area contributed by atoms with E-state index >= 15 is 0 Å². The van der Waals surface area contributed by atoms with Crippen molar-refractivity contribution in [2.45, 2.75) is 40.0 Å². The van der Waals surface area contributed by atoms with Crippen molar-refractivity contribution in [2.24, 2.45) is 0 Å². The lowest BCUT2D eigenvalue weighted by Crippen LogP contribution is -2.14. The highest BCUT2D eigenvalue weighted by molar-refractivity contribution is 6.31. The molecule has 0 aliphatic rings. The maximum absolute atomic E-state index is 6.25. The standard InChI is InChI=1S/C15H21ClN4O/c1-3-8-20-15(18-11-19-20)10-21-14-7-5-6-13(16)12(14)9-17-4-2/h5-7,11,17H,3-4,8-10H2,1-2H3. The third-order valence-electron chi connectivity index (χ3n) is 3.12. The van der Waals surface area contributed by atoms with Gasteiger partial charge >= 0.3 is 0 Å². The lowest BCUT2D eigenvalue weighted by atomic mass is 10.2. The van der Waals surface area contributed by atoms with Crippen molar-refractivity contribution in [1.82, 2.24) is 20.1 Å². The van der Waals surface area contributed by atoms with Crippen LogP contribution in [0.4, 0.5) is 0 Å². The minimum atomic E-state index is 0.388. The quantitative estimate of drug-likeness (QED) is 0.814. The van der Waals surface area contributed by atoms with Crippen LogP contribution in [0, 0.1) is 0 Å². The van der Waals surface area contributed by atoms with Gasteiger partial charge in [-0.25, -0.2) is 9.67 Å². The molecule has 0 aliphatic heterocycles. The fourth-order valence-corrected chi connectivity index (χ4v) is 2.27. The molecule has 0 saturated carbocycles. The Balaban J connectivity index is 2.08. The summed E-state index contributed by atoms with van der Waals surface area (Å²) in [5.41, 5.74) is 0.975. The second-order valence-corrected chi connectivity index (χ2v) is 5.09. The molecule has 0 fully saturated rings. The van der Waals surface area contributed by atoms with Crippen molar-refractivity contribution < 1.29 is 4.74 Å². The van der Waals surface area contributed by atoms with E-state index in [2.05, 4.69) is 29.2 Å². The number of ether oxygens (including phenoxy) is 1. The van der Waals surface area contributed by atoms with E-state index < -0.39 is 0 Å². The summed E-state index contributed by atoms with van der Waals surface area (Å²) in [6.45, 7) is 6.98. The average molecular weight is 309 g/mol. The summed E-state index contributed by atoms with van der Waals surface area (Å²) >= 11 is 6.25. The Morgan fingerprint density at radius 1 is 1.33 bits per heavy atom. The zero-order chi connectivity index (χ0) is 15.1. The number of hydrogen-bond acceptors (Lipinski definition) is 4. The van der Waals surface area contributed by atoms with Crippen molar-refractivity contribution in [1.29, 1.82) is 0 Å². The Bertz CT molecular complexity index is 571. The monoisotopic (exact) mass is 308 g/mol. The topological polar surface area (TPSA) is 52.0 Å². The van der Waals surface area contributed by atoms with E-state index in [0.717, 1.165) is 36.6 Å². The van der Waals surface area contributed by atoms with Crippen LogP contribution in [0.25, 0.3) is 0 Å². The number of nitrogens with one attached hydrogen (secondary N) is 1. The summed E-state index contributed by atoms with van der Waals surface area (Å²) in [5.74, 6) is 1.61. The van der Waals surface area contributed by atoms with Crippen LogP contribution >= 0.6 is 11.6 Å². The van der Waals surface area contributed by atoms with Gasteiger partial charge in [-0.05, 0) is 25.1 Å². The van der Waals surface area contributed by atoms with Gasteiger partial charge in [-0.2, -0.15) is 5.10 Å². The van der Waals surface area contributed by atoms with Crippen LogP contribution in [0.1, 0.15) is 31.7 Å². The molecule has 2 aromatic rings. The number of aromatic nitrogens is 3. The number of nitrogens with zero attached hydrogens (tertiary/aromatic N) is 3. The third kappa shape index (κ3) is 4.19. The van der Waals surface area contributed by atoms with Gasteiger partial charge in [0.25, 0.3) is 0 Å². The molecule has 1 aromatic heterocycles. The summed E-state index contributed by atoms with van der Waals surface area (Å²) in [6, 6.07) is 5.70. The molecule has 6 heteroatoms. The van der Waals surface area contributed by atoms with E-state index in [1.807, 2.05) is 22.9 Å². The minimum Gasteiger partial charge on any atom is -0.485 e. The van der Waals surface area contributed by atoms with Crippen molar-refractivity contribution in [3.8, 4) is 5.75 Å². The van der Waals surface area contributed by atoms with Gasteiger partial charge < -0.3 is 10.1 Å².